The number of rotatable bonds is 4. The Morgan fingerprint density at radius 2 is 1.83 bits per heavy atom. The molecule has 0 bridgehead atoms. The van der Waals surface area contributed by atoms with E-state index in [-0.39, 0.29) is 6.04 Å². The van der Waals surface area contributed by atoms with Crippen molar-refractivity contribution in [1.82, 2.24) is 19.9 Å². The largest absolute Gasteiger partial charge is 0.351 e. The Morgan fingerprint density at radius 1 is 1.07 bits per heavy atom. The number of urea groups is 1. The maximum atomic E-state index is 12.0. The van der Waals surface area contributed by atoms with Crippen LogP contribution in [0.15, 0.2) is 54.7 Å². The van der Waals surface area contributed by atoms with Crippen molar-refractivity contribution in [3.63, 3.8) is 0 Å². The second-order valence-electron chi connectivity index (χ2n) is 8.17. The third kappa shape index (κ3) is 3.39. The number of hydrogen-bond acceptors (Lipinski definition) is 3. The van der Waals surface area contributed by atoms with Crippen LogP contribution >= 0.6 is 0 Å². The molecule has 2 heterocycles. The summed E-state index contributed by atoms with van der Waals surface area (Å²) in [7, 11) is 0. The van der Waals surface area contributed by atoms with Crippen LogP contribution in [0.4, 0.5) is 4.79 Å². The summed E-state index contributed by atoms with van der Waals surface area (Å²) in [6.45, 7) is 1.50. The molecule has 2 N–H and O–H groups in total. The highest BCUT2D eigenvalue weighted by atomic mass is 16.2. The van der Waals surface area contributed by atoms with E-state index >= 15 is 0 Å². The number of carbonyl (C=O) groups is 1. The first kappa shape index (κ1) is 17.9. The Bertz CT molecular complexity index is 1020. The minimum Gasteiger partial charge on any atom is -0.351 e. The summed E-state index contributed by atoms with van der Waals surface area (Å²) in [5, 5.41) is 8.68. The van der Waals surface area contributed by atoms with Gasteiger partial charge in [-0.15, -0.1) is 5.10 Å². The molecule has 1 aliphatic heterocycles. The van der Waals surface area contributed by atoms with Gasteiger partial charge in [0.05, 0.1) is 12.2 Å². The van der Waals surface area contributed by atoms with Crippen molar-refractivity contribution in [3.05, 3.63) is 71.4 Å². The number of carbonyl (C=O) groups excluding carboxylic acids is 1. The van der Waals surface area contributed by atoms with Crippen molar-refractivity contribution < 1.29 is 4.79 Å². The second-order valence-corrected chi connectivity index (χ2v) is 8.17. The summed E-state index contributed by atoms with van der Waals surface area (Å²) < 4.78 is 1.97. The van der Waals surface area contributed by atoms with Crippen LogP contribution in [0.2, 0.25) is 0 Å². The first-order valence-corrected chi connectivity index (χ1v) is 10.3. The third-order valence-electron chi connectivity index (χ3n) is 6.27. The topological polar surface area (TPSA) is 77.0 Å². The van der Waals surface area contributed by atoms with Gasteiger partial charge in [0.25, 0.3) is 0 Å². The highest BCUT2D eigenvalue weighted by Crippen LogP contribution is 2.38. The quantitative estimate of drug-likeness (QED) is 0.731. The molecule has 6 heteroatoms. The average molecular weight is 387 g/mol. The lowest BCUT2D eigenvalue weighted by molar-refractivity contribution is 0.199. The van der Waals surface area contributed by atoms with Crippen LogP contribution in [-0.2, 0) is 13.1 Å². The molecule has 1 atom stereocenters. The zero-order chi connectivity index (χ0) is 19.8. The number of benzene rings is 2. The number of aromatic nitrogens is 3. The molecule has 1 fully saturated rings. The van der Waals surface area contributed by atoms with Crippen molar-refractivity contribution in [2.75, 3.05) is 0 Å². The lowest BCUT2D eigenvalue weighted by Crippen LogP contribution is -2.34. The Kier molecular flexibility index (Phi) is 4.54. The first-order valence-electron chi connectivity index (χ1n) is 10.3. The zero-order valence-electron chi connectivity index (χ0n) is 16.4. The summed E-state index contributed by atoms with van der Waals surface area (Å²) in [5.41, 5.74) is 10.9. The van der Waals surface area contributed by atoms with Crippen molar-refractivity contribution in [2.24, 2.45) is 11.7 Å². The van der Waals surface area contributed by atoms with E-state index in [0.717, 1.165) is 40.4 Å². The molecule has 1 saturated carbocycles. The van der Waals surface area contributed by atoms with E-state index in [0.29, 0.717) is 6.54 Å². The summed E-state index contributed by atoms with van der Waals surface area (Å²) >= 11 is 0. The molecule has 148 valence electrons. The first-order chi connectivity index (χ1) is 14.2. The molecular formula is C23H25N5O. The Hall–Kier alpha value is -3.15. The van der Waals surface area contributed by atoms with Gasteiger partial charge in [-0.1, -0.05) is 66.6 Å². The Balaban J connectivity index is 1.39. The summed E-state index contributed by atoms with van der Waals surface area (Å²) in [5.74, 6) is 0.731. The van der Waals surface area contributed by atoms with Crippen LogP contribution in [0.25, 0.3) is 11.3 Å². The lowest BCUT2D eigenvalue weighted by Gasteiger charge is -2.24. The fraction of sp³-hybridized carbons (Fsp3) is 0.348. The molecule has 6 nitrogen and oxygen atoms in total. The second kappa shape index (κ2) is 7.35. The van der Waals surface area contributed by atoms with E-state index in [1.165, 1.54) is 25.7 Å². The highest BCUT2D eigenvalue weighted by molar-refractivity contribution is 5.75. The van der Waals surface area contributed by atoms with Crippen molar-refractivity contribution in [3.8, 4) is 11.3 Å². The van der Waals surface area contributed by atoms with Gasteiger partial charge in [-0.25, -0.2) is 4.79 Å². The predicted octanol–water partition coefficient (Wildman–Crippen LogP) is 4.12. The number of nitrogens with two attached hydrogens (primary N) is 1. The molecule has 29 heavy (non-hydrogen) atoms. The standard InChI is InChI=1S/C23H25N5O/c24-23(29)28-14-19-7-3-4-8-20(19)22(28)18-11-9-17(10-12-18)21-15-27(26-25-21)13-16-5-1-2-6-16/h3-4,7-12,15-16,22H,1-2,5-6,13-14H2,(H2,24,29). The van der Waals surface area contributed by atoms with Gasteiger partial charge < -0.3 is 10.6 Å². The summed E-state index contributed by atoms with van der Waals surface area (Å²) in [4.78, 5) is 13.7. The number of hydrogen-bond donors (Lipinski definition) is 1. The molecule has 0 saturated heterocycles. The molecule has 0 spiro atoms. The molecular weight excluding hydrogens is 362 g/mol. The summed E-state index contributed by atoms with van der Waals surface area (Å²) in [6, 6.07) is 15.8. The van der Waals surface area contributed by atoms with Crippen molar-refractivity contribution >= 4 is 6.03 Å². The van der Waals surface area contributed by atoms with Gasteiger partial charge >= 0.3 is 6.03 Å². The molecule has 1 aliphatic carbocycles. The third-order valence-corrected chi connectivity index (χ3v) is 6.27. The normalized spacial score (nSPS) is 18.9. The van der Waals surface area contributed by atoms with E-state index in [9.17, 15) is 4.79 Å². The van der Waals surface area contributed by atoms with Gasteiger partial charge in [0.1, 0.15) is 5.69 Å². The molecule has 3 aromatic rings. The maximum absolute atomic E-state index is 12.0. The van der Waals surface area contributed by atoms with Crippen LogP contribution in [0.1, 0.15) is 48.4 Å². The Morgan fingerprint density at radius 3 is 2.59 bits per heavy atom. The number of amides is 2. The van der Waals surface area contributed by atoms with Gasteiger partial charge in [0.2, 0.25) is 0 Å². The Labute approximate surface area is 170 Å². The maximum Gasteiger partial charge on any atom is 0.315 e. The molecule has 2 aliphatic rings. The van der Waals surface area contributed by atoms with E-state index < -0.39 is 6.03 Å². The van der Waals surface area contributed by atoms with Crippen molar-refractivity contribution in [1.29, 1.82) is 0 Å². The molecule has 0 radical (unpaired) electrons. The predicted molar refractivity (Wildman–Crippen MR) is 111 cm³/mol. The summed E-state index contributed by atoms with van der Waals surface area (Å²) in [6.07, 6.45) is 7.29. The van der Waals surface area contributed by atoms with E-state index in [1.807, 2.05) is 23.0 Å². The van der Waals surface area contributed by atoms with Crippen LogP contribution in [0, 0.1) is 5.92 Å². The molecule has 1 aromatic heterocycles. The molecule has 2 amide bonds. The van der Waals surface area contributed by atoms with Crippen molar-refractivity contribution in [2.45, 2.75) is 44.8 Å². The van der Waals surface area contributed by atoms with Gasteiger partial charge in [-0.05, 0) is 35.4 Å². The van der Waals surface area contributed by atoms with Crippen LogP contribution < -0.4 is 5.73 Å². The van der Waals surface area contributed by atoms with Gasteiger partial charge in [0.15, 0.2) is 0 Å². The number of nitrogens with zero attached hydrogens (tertiary/aromatic N) is 4. The number of fused-ring (bicyclic) bond motifs is 1. The monoisotopic (exact) mass is 387 g/mol. The SMILES string of the molecule is NC(=O)N1Cc2ccccc2C1c1ccc(-c2cn(CC3CCCC3)nn2)cc1. The smallest absolute Gasteiger partial charge is 0.315 e. The minimum absolute atomic E-state index is 0.143. The van der Waals surface area contributed by atoms with Crippen LogP contribution in [-0.4, -0.2) is 25.9 Å². The fourth-order valence-electron chi connectivity index (χ4n) is 4.77. The number of primary amides is 1. The minimum atomic E-state index is -0.398. The van der Waals surface area contributed by atoms with Gasteiger partial charge in [0, 0.05) is 18.7 Å². The molecule has 2 aromatic carbocycles. The fourth-order valence-corrected chi connectivity index (χ4v) is 4.77. The van der Waals surface area contributed by atoms with Gasteiger partial charge in [-0.3, -0.25) is 4.68 Å². The zero-order valence-corrected chi connectivity index (χ0v) is 16.4. The molecule has 1 unspecified atom stereocenters. The lowest BCUT2D eigenvalue weighted by atomic mass is 9.97. The van der Waals surface area contributed by atoms with Gasteiger partial charge in [-0.2, -0.15) is 0 Å². The molecule has 5 rings (SSSR count). The van der Waals surface area contributed by atoms with E-state index in [2.05, 4.69) is 46.7 Å². The van der Waals surface area contributed by atoms with E-state index in [1.54, 1.807) is 4.90 Å². The van der Waals surface area contributed by atoms with Crippen LogP contribution in [0.3, 0.4) is 0 Å². The van der Waals surface area contributed by atoms with Crippen LogP contribution in [0.5, 0.6) is 0 Å². The highest BCUT2D eigenvalue weighted by Gasteiger charge is 2.33. The van der Waals surface area contributed by atoms with E-state index in [4.69, 9.17) is 5.73 Å². The average Bonchev–Trinajstić information content (AvgIpc) is 3.48.